The van der Waals surface area contributed by atoms with Gasteiger partial charge in [0.1, 0.15) is 0 Å². The van der Waals surface area contributed by atoms with Crippen molar-refractivity contribution >= 4 is 17.5 Å². The number of benzene rings is 1. The molecule has 0 aliphatic carbocycles. The Morgan fingerprint density at radius 1 is 1.10 bits per heavy atom. The molecule has 2 rings (SSSR count). The Balaban J connectivity index is 2.14. The van der Waals surface area contributed by atoms with Crippen LogP contribution in [0.25, 0.3) is 0 Å². The van der Waals surface area contributed by atoms with Gasteiger partial charge in [-0.1, -0.05) is 30.3 Å². The summed E-state index contributed by atoms with van der Waals surface area (Å²) < 4.78 is 0. The molecule has 1 amide bonds. The number of nitrogens with one attached hydrogen (secondary N) is 1. The SMILES string of the molecule is Cc1nc(N(C)C)nc(C)c1NC(=O)Cc1ccccc1. The summed E-state index contributed by atoms with van der Waals surface area (Å²) in [6, 6.07) is 9.65. The van der Waals surface area contributed by atoms with E-state index in [1.165, 1.54) is 0 Å². The van der Waals surface area contributed by atoms with Crippen molar-refractivity contribution < 1.29 is 4.79 Å². The van der Waals surface area contributed by atoms with Crippen LogP contribution in [0, 0.1) is 13.8 Å². The lowest BCUT2D eigenvalue weighted by Gasteiger charge is -2.15. The summed E-state index contributed by atoms with van der Waals surface area (Å²) in [5.41, 5.74) is 3.22. The highest BCUT2D eigenvalue weighted by Crippen LogP contribution is 2.19. The molecule has 0 aliphatic rings. The minimum Gasteiger partial charge on any atom is -0.347 e. The highest BCUT2D eigenvalue weighted by Gasteiger charge is 2.12. The molecular formula is C16H20N4O. The monoisotopic (exact) mass is 284 g/mol. The zero-order valence-electron chi connectivity index (χ0n) is 12.8. The predicted octanol–water partition coefficient (Wildman–Crippen LogP) is 2.34. The molecule has 0 fully saturated rings. The smallest absolute Gasteiger partial charge is 0.228 e. The topological polar surface area (TPSA) is 58.1 Å². The van der Waals surface area contributed by atoms with Gasteiger partial charge in [-0.15, -0.1) is 0 Å². The van der Waals surface area contributed by atoms with Gasteiger partial charge in [0, 0.05) is 14.1 Å². The second-order valence-electron chi connectivity index (χ2n) is 5.17. The average Bonchev–Trinajstić information content (AvgIpc) is 2.43. The number of anilines is 2. The first-order valence-electron chi connectivity index (χ1n) is 6.83. The maximum atomic E-state index is 12.1. The summed E-state index contributed by atoms with van der Waals surface area (Å²) in [6.07, 6.45) is 0.342. The van der Waals surface area contributed by atoms with Crippen molar-refractivity contribution in [1.29, 1.82) is 0 Å². The fourth-order valence-corrected chi connectivity index (χ4v) is 2.04. The van der Waals surface area contributed by atoms with Crippen LogP contribution in [0.1, 0.15) is 17.0 Å². The minimum absolute atomic E-state index is 0.0615. The van der Waals surface area contributed by atoms with Crippen molar-refractivity contribution in [3.05, 3.63) is 47.3 Å². The third-order valence-corrected chi connectivity index (χ3v) is 3.13. The zero-order chi connectivity index (χ0) is 15.4. The molecule has 0 bridgehead atoms. The van der Waals surface area contributed by atoms with Crippen LogP contribution in [-0.4, -0.2) is 30.0 Å². The van der Waals surface area contributed by atoms with Crippen LogP contribution >= 0.6 is 0 Å². The normalized spacial score (nSPS) is 10.3. The van der Waals surface area contributed by atoms with Gasteiger partial charge in [-0.05, 0) is 19.4 Å². The molecule has 0 radical (unpaired) electrons. The number of hydrogen-bond acceptors (Lipinski definition) is 4. The number of amides is 1. The average molecular weight is 284 g/mol. The molecule has 0 aliphatic heterocycles. The van der Waals surface area contributed by atoms with Crippen LogP contribution in [0.2, 0.25) is 0 Å². The Bertz CT molecular complexity index is 615. The summed E-state index contributed by atoms with van der Waals surface area (Å²) in [7, 11) is 3.78. The number of rotatable bonds is 4. The van der Waals surface area contributed by atoms with Gasteiger partial charge in [0.2, 0.25) is 11.9 Å². The maximum Gasteiger partial charge on any atom is 0.228 e. The van der Waals surface area contributed by atoms with E-state index in [1.54, 1.807) is 0 Å². The molecule has 0 saturated carbocycles. The van der Waals surface area contributed by atoms with Crippen molar-refractivity contribution in [1.82, 2.24) is 9.97 Å². The Labute approximate surface area is 125 Å². The molecular weight excluding hydrogens is 264 g/mol. The Hall–Kier alpha value is -2.43. The van der Waals surface area contributed by atoms with Crippen LogP contribution in [0.4, 0.5) is 11.6 Å². The molecule has 5 heteroatoms. The quantitative estimate of drug-likeness (QED) is 0.936. The molecule has 0 spiro atoms. The summed E-state index contributed by atoms with van der Waals surface area (Å²) in [6.45, 7) is 3.75. The van der Waals surface area contributed by atoms with E-state index in [9.17, 15) is 4.79 Å². The van der Waals surface area contributed by atoms with Crippen LogP contribution in [0.15, 0.2) is 30.3 Å². The number of nitrogens with zero attached hydrogens (tertiary/aromatic N) is 3. The van der Waals surface area contributed by atoms with Crippen molar-refractivity contribution in [3.63, 3.8) is 0 Å². The first-order valence-corrected chi connectivity index (χ1v) is 6.83. The van der Waals surface area contributed by atoms with Gasteiger partial charge in [0.25, 0.3) is 0 Å². The van der Waals surface area contributed by atoms with Gasteiger partial charge in [0.05, 0.1) is 23.5 Å². The van der Waals surface area contributed by atoms with Crippen LogP contribution < -0.4 is 10.2 Å². The molecule has 21 heavy (non-hydrogen) atoms. The van der Waals surface area contributed by atoms with Crippen LogP contribution in [0.3, 0.4) is 0 Å². The number of carbonyl (C=O) groups is 1. The number of aryl methyl sites for hydroxylation is 2. The largest absolute Gasteiger partial charge is 0.347 e. The molecule has 2 aromatic rings. The van der Waals surface area contributed by atoms with Crippen LogP contribution in [0.5, 0.6) is 0 Å². The Morgan fingerprint density at radius 3 is 2.19 bits per heavy atom. The van der Waals surface area contributed by atoms with E-state index in [4.69, 9.17) is 0 Å². The molecule has 1 N–H and O–H groups in total. The minimum atomic E-state index is -0.0615. The third-order valence-electron chi connectivity index (χ3n) is 3.13. The van der Waals surface area contributed by atoms with E-state index in [2.05, 4.69) is 15.3 Å². The van der Waals surface area contributed by atoms with Crippen molar-refractivity contribution in [2.24, 2.45) is 0 Å². The van der Waals surface area contributed by atoms with Gasteiger partial charge in [-0.25, -0.2) is 9.97 Å². The van der Waals surface area contributed by atoms with Gasteiger partial charge in [-0.3, -0.25) is 4.79 Å². The summed E-state index contributed by atoms with van der Waals surface area (Å²) >= 11 is 0. The molecule has 1 aromatic heterocycles. The second-order valence-corrected chi connectivity index (χ2v) is 5.17. The van der Waals surface area contributed by atoms with E-state index in [-0.39, 0.29) is 5.91 Å². The Kier molecular flexibility index (Phi) is 4.52. The van der Waals surface area contributed by atoms with E-state index in [1.807, 2.05) is 63.2 Å². The summed E-state index contributed by atoms with van der Waals surface area (Å²) in [5.74, 6) is 0.583. The molecule has 0 atom stereocenters. The highest BCUT2D eigenvalue weighted by molar-refractivity contribution is 5.93. The standard InChI is InChI=1S/C16H20N4O/c1-11-15(12(2)18-16(17-11)20(3)4)19-14(21)10-13-8-6-5-7-9-13/h5-9H,10H2,1-4H3,(H,19,21). The van der Waals surface area contributed by atoms with Gasteiger partial charge in [0.15, 0.2) is 0 Å². The maximum absolute atomic E-state index is 12.1. The van der Waals surface area contributed by atoms with Gasteiger partial charge >= 0.3 is 0 Å². The lowest BCUT2D eigenvalue weighted by molar-refractivity contribution is -0.115. The van der Waals surface area contributed by atoms with Crippen LogP contribution in [-0.2, 0) is 11.2 Å². The first kappa shape index (κ1) is 15.0. The summed E-state index contributed by atoms with van der Waals surface area (Å²) in [5, 5.41) is 2.91. The van der Waals surface area contributed by atoms with Crippen molar-refractivity contribution in [2.75, 3.05) is 24.3 Å². The summed E-state index contributed by atoms with van der Waals surface area (Å²) in [4.78, 5) is 22.8. The van der Waals surface area contributed by atoms with E-state index >= 15 is 0 Å². The van der Waals surface area contributed by atoms with Crippen molar-refractivity contribution in [2.45, 2.75) is 20.3 Å². The zero-order valence-corrected chi connectivity index (χ0v) is 12.8. The van der Waals surface area contributed by atoms with Crippen molar-refractivity contribution in [3.8, 4) is 0 Å². The fraction of sp³-hybridized carbons (Fsp3) is 0.312. The predicted molar refractivity (Wildman–Crippen MR) is 84.6 cm³/mol. The second kappa shape index (κ2) is 6.35. The molecule has 0 unspecified atom stereocenters. The fourth-order valence-electron chi connectivity index (χ4n) is 2.04. The molecule has 5 nitrogen and oxygen atoms in total. The lowest BCUT2D eigenvalue weighted by Crippen LogP contribution is -2.19. The number of hydrogen-bond donors (Lipinski definition) is 1. The van der Waals surface area contributed by atoms with Gasteiger partial charge in [-0.2, -0.15) is 0 Å². The third kappa shape index (κ3) is 3.78. The molecule has 1 heterocycles. The first-order chi connectivity index (χ1) is 9.97. The molecule has 1 aromatic carbocycles. The number of aromatic nitrogens is 2. The number of carbonyl (C=O) groups excluding carboxylic acids is 1. The molecule has 110 valence electrons. The lowest BCUT2D eigenvalue weighted by atomic mass is 10.1. The Morgan fingerprint density at radius 2 is 1.67 bits per heavy atom. The van der Waals surface area contributed by atoms with E-state index < -0.39 is 0 Å². The van der Waals surface area contributed by atoms with E-state index in [0.29, 0.717) is 18.1 Å². The highest BCUT2D eigenvalue weighted by atomic mass is 16.1. The molecule has 0 saturated heterocycles. The van der Waals surface area contributed by atoms with Gasteiger partial charge < -0.3 is 10.2 Å². The van der Waals surface area contributed by atoms with E-state index in [0.717, 1.165) is 17.0 Å².